The van der Waals surface area contributed by atoms with Gasteiger partial charge in [0.1, 0.15) is 29.6 Å². The van der Waals surface area contributed by atoms with Crippen molar-refractivity contribution in [1.29, 1.82) is 0 Å². The Kier molecular flexibility index (Phi) is 7.63. The number of hydrogen-bond acceptors (Lipinski definition) is 7. The van der Waals surface area contributed by atoms with Gasteiger partial charge in [-0.1, -0.05) is 45.6 Å². The fraction of sp³-hybridized carbons (Fsp3) is 0.548. The summed E-state index contributed by atoms with van der Waals surface area (Å²) in [5, 5.41) is 4.63. The molecule has 0 spiro atoms. The van der Waals surface area contributed by atoms with Crippen LogP contribution in [0.5, 0.6) is 5.75 Å². The van der Waals surface area contributed by atoms with E-state index in [1.807, 2.05) is 44.2 Å². The second-order valence-electron chi connectivity index (χ2n) is 13.0. The minimum Gasteiger partial charge on any atom is -0.497 e. The predicted octanol–water partition coefficient (Wildman–Crippen LogP) is 6.80. The maximum atomic E-state index is 6.69. The van der Waals surface area contributed by atoms with Gasteiger partial charge < -0.3 is 28.5 Å². The molecule has 5 rings (SSSR count). The fourth-order valence-electron chi connectivity index (χ4n) is 5.61. The van der Waals surface area contributed by atoms with Crippen molar-refractivity contribution < 1.29 is 18.6 Å². The zero-order chi connectivity index (χ0) is 28.9. The molecule has 1 saturated carbocycles. The molecule has 0 bridgehead atoms. The predicted molar refractivity (Wildman–Crippen MR) is 162 cm³/mol. The molecule has 1 saturated heterocycles. The first kappa shape index (κ1) is 28.8. The Morgan fingerprint density at radius 2 is 1.85 bits per heavy atom. The van der Waals surface area contributed by atoms with E-state index in [9.17, 15) is 0 Å². The molecule has 1 aromatic carbocycles. The zero-order valence-corrected chi connectivity index (χ0v) is 26.2. The van der Waals surface area contributed by atoms with Gasteiger partial charge in [-0.3, -0.25) is 0 Å². The Labute approximate surface area is 239 Å². The number of benzene rings is 1. The number of nitrogens with zero attached hydrogens (tertiary/aromatic N) is 3. The van der Waals surface area contributed by atoms with Crippen molar-refractivity contribution in [3.63, 3.8) is 0 Å². The lowest BCUT2D eigenvalue weighted by Crippen LogP contribution is -2.43. The van der Waals surface area contributed by atoms with Crippen LogP contribution in [0.3, 0.4) is 0 Å². The van der Waals surface area contributed by atoms with Crippen molar-refractivity contribution in [3.8, 4) is 5.75 Å². The van der Waals surface area contributed by atoms with Crippen LogP contribution in [0, 0.1) is 5.92 Å². The Balaban J connectivity index is 1.44. The van der Waals surface area contributed by atoms with Crippen LogP contribution in [0.15, 0.2) is 43.4 Å². The Morgan fingerprint density at radius 1 is 1.15 bits per heavy atom. The van der Waals surface area contributed by atoms with Crippen molar-refractivity contribution >= 4 is 31.2 Å². The molecular formula is C31H44N4O4Si. The van der Waals surface area contributed by atoms with Gasteiger partial charge in [-0.15, -0.1) is 0 Å². The number of aromatic nitrogens is 3. The van der Waals surface area contributed by atoms with E-state index in [1.54, 1.807) is 13.4 Å². The first-order chi connectivity index (χ1) is 18.8. The zero-order valence-electron chi connectivity index (χ0n) is 25.2. The van der Waals surface area contributed by atoms with Gasteiger partial charge in [0.15, 0.2) is 14.1 Å². The molecule has 1 aliphatic carbocycles. The minimum absolute atomic E-state index is 0.0381. The van der Waals surface area contributed by atoms with Crippen molar-refractivity contribution in [3.05, 3.63) is 54.5 Å². The molecule has 8 nitrogen and oxygen atoms in total. The maximum absolute atomic E-state index is 6.69. The fourth-order valence-corrected chi connectivity index (χ4v) is 6.67. The van der Waals surface area contributed by atoms with Crippen molar-refractivity contribution in [2.75, 3.05) is 19.0 Å². The number of rotatable bonds is 9. The normalized spacial score (nSPS) is 24.3. The molecule has 3 heterocycles. The second kappa shape index (κ2) is 10.6. The van der Waals surface area contributed by atoms with Crippen molar-refractivity contribution in [2.24, 2.45) is 5.92 Å². The molecule has 216 valence electrons. The molecule has 2 aliphatic rings. The molecular weight excluding hydrogens is 520 g/mol. The van der Waals surface area contributed by atoms with E-state index in [1.165, 1.54) is 0 Å². The van der Waals surface area contributed by atoms with E-state index in [2.05, 4.69) is 61.5 Å². The molecule has 4 atom stereocenters. The van der Waals surface area contributed by atoms with Crippen LogP contribution in [-0.2, 0) is 20.4 Å². The molecule has 40 heavy (non-hydrogen) atoms. The molecule has 2 aromatic heterocycles. The van der Waals surface area contributed by atoms with E-state index >= 15 is 0 Å². The average molecular weight is 565 g/mol. The highest BCUT2D eigenvalue weighted by Crippen LogP contribution is 2.49. The van der Waals surface area contributed by atoms with E-state index in [4.69, 9.17) is 23.6 Å². The van der Waals surface area contributed by atoms with Gasteiger partial charge >= 0.3 is 0 Å². The molecule has 0 amide bonds. The van der Waals surface area contributed by atoms with Gasteiger partial charge in [0, 0.05) is 30.8 Å². The van der Waals surface area contributed by atoms with E-state index in [0.29, 0.717) is 13.2 Å². The number of anilines is 1. The maximum Gasteiger partial charge on any atom is 0.191 e. The van der Waals surface area contributed by atoms with E-state index < -0.39 is 14.1 Å². The van der Waals surface area contributed by atoms with Gasteiger partial charge in [0.2, 0.25) is 0 Å². The molecule has 0 radical (unpaired) electrons. The van der Waals surface area contributed by atoms with E-state index in [0.717, 1.165) is 40.1 Å². The van der Waals surface area contributed by atoms with Crippen molar-refractivity contribution in [1.82, 2.24) is 14.5 Å². The number of hydrogen-bond donors (Lipinski definition) is 1. The quantitative estimate of drug-likeness (QED) is 0.286. The summed E-state index contributed by atoms with van der Waals surface area (Å²) in [4.78, 5) is 9.36. The second-order valence-corrected chi connectivity index (χ2v) is 17.8. The largest absolute Gasteiger partial charge is 0.497 e. The van der Waals surface area contributed by atoms with Crippen LogP contribution < -0.4 is 10.1 Å². The van der Waals surface area contributed by atoms with Gasteiger partial charge in [-0.25, -0.2) is 9.97 Å². The van der Waals surface area contributed by atoms with Gasteiger partial charge in [-0.2, -0.15) is 0 Å². The van der Waals surface area contributed by atoms with Crippen LogP contribution in [0.25, 0.3) is 17.1 Å². The molecule has 0 unspecified atom stereocenters. The molecule has 1 aliphatic heterocycles. The number of ether oxygens (including phenoxy) is 3. The summed E-state index contributed by atoms with van der Waals surface area (Å²) in [6, 6.07) is 8.08. The minimum atomic E-state index is -1.90. The van der Waals surface area contributed by atoms with Crippen molar-refractivity contribution in [2.45, 2.75) is 89.8 Å². The number of fused-ring (bicyclic) bond motifs is 2. The smallest absolute Gasteiger partial charge is 0.191 e. The van der Waals surface area contributed by atoms with E-state index in [-0.39, 0.29) is 29.2 Å². The topological polar surface area (TPSA) is 79.7 Å². The Morgan fingerprint density at radius 3 is 2.50 bits per heavy atom. The SMILES string of the molecule is C=Cc1cn([C@@H]2C[C@H](CO[Si](C)(C)C(C)(C)C)[C@H]3OC(C)(C)O[C@H]32)c2ncnc(NCc3ccc(OC)cc3)c12. The van der Waals surface area contributed by atoms with Gasteiger partial charge in [0.05, 0.1) is 24.6 Å². The summed E-state index contributed by atoms with van der Waals surface area (Å²) in [7, 11) is -0.228. The summed E-state index contributed by atoms with van der Waals surface area (Å²) in [5.41, 5.74) is 2.99. The third kappa shape index (κ3) is 5.44. The number of nitrogens with one attached hydrogen (secondary N) is 1. The standard InChI is InChI=1S/C31H44N4O4Si/c1-10-21-17-35(29-25(21)28(33-19-34-29)32-16-20-11-13-23(36-7)14-12-20)24-15-22(18-37-40(8,9)30(2,3)4)26-27(24)39-31(5,6)38-26/h10-14,17,19,22,24,26-27H,1,15-16,18H2,2-9H3,(H,32,33,34)/t22-,24-,26-,27+/m1/s1. The van der Waals surface area contributed by atoms with Crippen LogP contribution >= 0.6 is 0 Å². The first-order valence-corrected chi connectivity index (χ1v) is 17.1. The van der Waals surface area contributed by atoms with Crippen LogP contribution in [-0.4, -0.2) is 54.6 Å². The lowest BCUT2D eigenvalue weighted by molar-refractivity contribution is -0.161. The molecule has 2 fully saturated rings. The Bertz CT molecular complexity index is 1360. The Hall–Kier alpha value is -2.72. The highest BCUT2D eigenvalue weighted by Gasteiger charge is 2.55. The van der Waals surface area contributed by atoms with Gasteiger partial charge in [-0.05, 0) is 56.1 Å². The highest BCUT2D eigenvalue weighted by atomic mass is 28.4. The average Bonchev–Trinajstić information content (AvgIpc) is 3.54. The molecule has 3 aromatic rings. The van der Waals surface area contributed by atoms with Crippen LogP contribution in [0.2, 0.25) is 18.1 Å². The van der Waals surface area contributed by atoms with Crippen LogP contribution in [0.1, 0.15) is 58.2 Å². The molecule has 1 N–H and O–H groups in total. The van der Waals surface area contributed by atoms with Crippen LogP contribution in [0.4, 0.5) is 5.82 Å². The highest BCUT2D eigenvalue weighted by molar-refractivity contribution is 6.74. The third-order valence-corrected chi connectivity index (χ3v) is 13.4. The van der Waals surface area contributed by atoms with Gasteiger partial charge in [0.25, 0.3) is 0 Å². The summed E-state index contributed by atoms with van der Waals surface area (Å²) < 4.78 is 27.3. The monoisotopic (exact) mass is 564 g/mol. The molecule has 9 heteroatoms. The summed E-state index contributed by atoms with van der Waals surface area (Å²) >= 11 is 0. The first-order valence-electron chi connectivity index (χ1n) is 14.2. The number of methoxy groups -OCH3 is 1. The summed E-state index contributed by atoms with van der Waals surface area (Å²) in [5.74, 6) is 1.20. The lowest BCUT2D eigenvalue weighted by atomic mass is 10.1. The summed E-state index contributed by atoms with van der Waals surface area (Å²) in [6.45, 7) is 20.8. The summed E-state index contributed by atoms with van der Waals surface area (Å²) in [6.07, 6.45) is 6.40. The third-order valence-electron chi connectivity index (χ3n) is 8.85. The lowest BCUT2D eigenvalue weighted by Gasteiger charge is -2.37.